The minimum Gasteiger partial charge on any atom is -0.316 e. The number of nitrogens with zero attached hydrogens (tertiary/aromatic N) is 1. The Hall–Kier alpha value is -0.620. The molecule has 1 rings (SSSR count). The first-order valence-electron chi connectivity index (χ1n) is 3.97. The topological polar surface area (TPSA) is 56.1 Å². The van der Waals surface area contributed by atoms with Crippen molar-refractivity contribution in [2.45, 2.75) is 11.8 Å². The van der Waals surface area contributed by atoms with Crippen LogP contribution in [0.2, 0.25) is 0 Å². The van der Waals surface area contributed by atoms with E-state index in [4.69, 9.17) is 0 Å². The minimum absolute atomic E-state index is 0.0707. The normalized spacial score (nSPS) is 11.6. The molecule has 1 aromatic rings. The second kappa shape index (κ2) is 3.86. The highest BCUT2D eigenvalue weighted by Crippen LogP contribution is 2.12. The molecule has 78 valence electrons. The number of hydrogen-bond acceptors (Lipinski definition) is 3. The summed E-state index contributed by atoms with van der Waals surface area (Å²) in [5.41, 5.74) is -0.491. The van der Waals surface area contributed by atoms with Crippen molar-refractivity contribution in [3.05, 3.63) is 27.1 Å². The van der Waals surface area contributed by atoms with E-state index in [-0.39, 0.29) is 10.6 Å². The van der Waals surface area contributed by atoms with Crippen LogP contribution in [0.5, 0.6) is 0 Å². The number of hydrogen-bond donors (Lipinski definition) is 0. The Balaban J connectivity index is 3.59. The van der Waals surface area contributed by atoms with E-state index in [1.54, 1.807) is 0 Å². The van der Waals surface area contributed by atoms with Crippen LogP contribution in [0.3, 0.4) is 0 Å². The van der Waals surface area contributed by atoms with Crippen molar-refractivity contribution >= 4 is 25.8 Å². The zero-order chi connectivity index (χ0) is 10.9. The minimum atomic E-state index is -3.44. The molecule has 0 unspecified atom stereocenters. The number of sulfone groups is 1. The number of pyridine rings is 1. The van der Waals surface area contributed by atoms with Crippen LogP contribution < -0.4 is 5.56 Å². The summed E-state index contributed by atoms with van der Waals surface area (Å²) in [4.78, 5) is 11.3. The molecule has 0 N–H and O–H groups in total. The molecule has 0 atom stereocenters. The highest BCUT2D eigenvalue weighted by atomic mass is 79.9. The zero-order valence-corrected chi connectivity index (χ0v) is 10.2. The summed E-state index contributed by atoms with van der Waals surface area (Å²) < 4.78 is 24.8. The van der Waals surface area contributed by atoms with Crippen molar-refractivity contribution in [3.8, 4) is 0 Å². The lowest BCUT2D eigenvalue weighted by molar-refractivity contribution is 0.594. The Bertz CT molecular complexity index is 504. The Kier molecular flexibility index (Phi) is 3.16. The van der Waals surface area contributed by atoms with Crippen LogP contribution in [-0.2, 0) is 16.9 Å². The molecule has 0 radical (unpaired) electrons. The summed E-state index contributed by atoms with van der Waals surface area (Å²) in [6, 6.07) is 1.33. The highest BCUT2D eigenvalue weighted by Gasteiger charge is 2.17. The Labute approximate surface area is 90.6 Å². The van der Waals surface area contributed by atoms with E-state index in [1.165, 1.54) is 30.8 Å². The molecule has 0 saturated heterocycles. The third-order valence-electron chi connectivity index (χ3n) is 1.83. The fourth-order valence-electron chi connectivity index (χ4n) is 1.02. The summed E-state index contributed by atoms with van der Waals surface area (Å²) in [6.45, 7) is 1.51. The van der Waals surface area contributed by atoms with Gasteiger partial charge in [-0.05, 0) is 22.0 Å². The van der Waals surface area contributed by atoms with Crippen molar-refractivity contribution in [1.29, 1.82) is 0 Å². The molecular formula is C8H10BrNO3S. The highest BCUT2D eigenvalue weighted by molar-refractivity contribution is 9.10. The monoisotopic (exact) mass is 279 g/mol. The van der Waals surface area contributed by atoms with Crippen LogP contribution >= 0.6 is 15.9 Å². The maximum atomic E-state index is 11.5. The molecule has 0 fully saturated rings. The average Bonchev–Trinajstić information content (AvgIpc) is 2.11. The van der Waals surface area contributed by atoms with Gasteiger partial charge in [0.05, 0.1) is 5.75 Å². The third-order valence-corrected chi connectivity index (χ3v) is 3.99. The van der Waals surface area contributed by atoms with Crippen LogP contribution in [0, 0.1) is 0 Å². The summed E-state index contributed by atoms with van der Waals surface area (Å²) in [6.07, 6.45) is 1.52. The number of rotatable bonds is 2. The van der Waals surface area contributed by atoms with Gasteiger partial charge in [-0.15, -0.1) is 0 Å². The third kappa shape index (κ3) is 2.06. The predicted molar refractivity (Wildman–Crippen MR) is 57.1 cm³/mol. The molecule has 4 nitrogen and oxygen atoms in total. The Morgan fingerprint density at radius 3 is 2.57 bits per heavy atom. The SMILES string of the molecule is CCS(=O)(=O)c1cc(Br)cn(C)c1=O. The molecular weight excluding hydrogens is 270 g/mol. The van der Waals surface area contributed by atoms with Gasteiger partial charge >= 0.3 is 0 Å². The van der Waals surface area contributed by atoms with Crippen molar-refractivity contribution in [2.75, 3.05) is 5.75 Å². The Morgan fingerprint density at radius 2 is 2.07 bits per heavy atom. The van der Waals surface area contributed by atoms with Crippen LogP contribution in [0.4, 0.5) is 0 Å². The lowest BCUT2D eigenvalue weighted by Crippen LogP contribution is -2.24. The molecule has 14 heavy (non-hydrogen) atoms. The van der Waals surface area contributed by atoms with Gasteiger partial charge in [0, 0.05) is 17.7 Å². The molecule has 0 saturated carbocycles. The summed E-state index contributed by atoms with van der Waals surface area (Å²) >= 11 is 3.14. The second-order valence-corrected chi connectivity index (χ2v) is 6.00. The van der Waals surface area contributed by atoms with Crippen molar-refractivity contribution in [2.24, 2.45) is 7.05 Å². The molecule has 0 aliphatic carbocycles. The molecule has 0 aromatic carbocycles. The van der Waals surface area contributed by atoms with E-state index in [2.05, 4.69) is 15.9 Å². The summed E-state index contributed by atoms with van der Waals surface area (Å²) in [5, 5.41) is 0. The van der Waals surface area contributed by atoms with Gasteiger partial charge in [0.1, 0.15) is 4.90 Å². The maximum Gasteiger partial charge on any atom is 0.269 e. The van der Waals surface area contributed by atoms with Crippen molar-refractivity contribution in [3.63, 3.8) is 0 Å². The predicted octanol–water partition coefficient (Wildman–Crippen LogP) is 0.941. The fraction of sp³-hybridized carbons (Fsp3) is 0.375. The maximum absolute atomic E-state index is 11.5. The van der Waals surface area contributed by atoms with E-state index >= 15 is 0 Å². The average molecular weight is 280 g/mol. The van der Waals surface area contributed by atoms with Gasteiger partial charge in [0.2, 0.25) is 0 Å². The lowest BCUT2D eigenvalue weighted by Gasteiger charge is -2.04. The smallest absolute Gasteiger partial charge is 0.269 e. The fourth-order valence-corrected chi connectivity index (χ4v) is 2.74. The number of halogens is 1. The Morgan fingerprint density at radius 1 is 1.50 bits per heavy atom. The molecule has 0 spiro atoms. The van der Waals surface area contributed by atoms with Gasteiger partial charge in [-0.2, -0.15) is 0 Å². The molecule has 1 aromatic heterocycles. The van der Waals surface area contributed by atoms with E-state index in [1.807, 2.05) is 0 Å². The molecule has 0 bridgehead atoms. The van der Waals surface area contributed by atoms with Crippen LogP contribution in [0.1, 0.15) is 6.92 Å². The first kappa shape index (κ1) is 11.5. The number of aromatic nitrogens is 1. The lowest BCUT2D eigenvalue weighted by atomic mass is 10.5. The quantitative estimate of drug-likeness (QED) is 0.810. The van der Waals surface area contributed by atoms with Gasteiger partial charge in [-0.25, -0.2) is 8.42 Å². The first-order chi connectivity index (χ1) is 6.38. The first-order valence-corrected chi connectivity index (χ1v) is 6.42. The molecule has 1 heterocycles. The molecule has 0 aliphatic rings. The zero-order valence-electron chi connectivity index (χ0n) is 7.82. The van der Waals surface area contributed by atoms with Crippen molar-refractivity contribution in [1.82, 2.24) is 4.57 Å². The van der Waals surface area contributed by atoms with E-state index in [9.17, 15) is 13.2 Å². The molecule has 6 heteroatoms. The largest absolute Gasteiger partial charge is 0.316 e. The van der Waals surface area contributed by atoms with E-state index < -0.39 is 15.4 Å². The van der Waals surface area contributed by atoms with E-state index in [0.717, 1.165) is 0 Å². The van der Waals surface area contributed by atoms with Crippen molar-refractivity contribution < 1.29 is 8.42 Å². The summed E-state index contributed by atoms with van der Waals surface area (Å²) in [7, 11) is -1.92. The summed E-state index contributed by atoms with van der Waals surface area (Å²) in [5.74, 6) is -0.0707. The van der Waals surface area contributed by atoms with Crippen LogP contribution in [0.25, 0.3) is 0 Å². The van der Waals surface area contributed by atoms with Crippen LogP contribution in [-0.4, -0.2) is 18.7 Å². The van der Waals surface area contributed by atoms with Gasteiger partial charge in [0.25, 0.3) is 5.56 Å². The standard InChI is InChI=1S/C8H10BrNO3S/c1-3-14(12,13)7-4-6(9)5-10(2)8(7)11/h4-5H,3H2,1-2H3. The number of aryl methyl sites for hydroxylation is 1. The van der Waals surface area contributed by atoms with Gasteiger partial charge < -0.3 is 4.57 Å². The molecule has 0 amide bonds. The van der Waals surface area contributed by atoms with Crippen LogP contribution in [0.15, 0.2) is 26.4 Å². The van der Waals surface area contributed by atoms with Gasteiger partial charge in [0.15, 0.2) is 9.84 Å². The van der Waals surface area contributed by atoms with Gasteiger partial charge in [-0.3, -0.25) is 4.79 Å². The second-order valence-electron chi connectivity index (χ2n) is 2.84. The molecule has 0 aliphatic heterocycles. The van der Waals surface area contributed by atoms with Gasteiger partial charge in [-0.1, -0.05) is 6.92 Å². The van der Waals surface area contributed by atoms with E-state index in [0.29, 0.717) is 4.47 Å².